The second kappa shape index (κ2) is 8.82. The molecule has 2 rings (SSSR count). The number of esters is 1. The SMILES string of the molecule is CCOC(=O)C(CC)=C(c1ccc(C(F)(F)F)cc1)c1ccc(S(C)(=O)=O)cc1. The lowest BCUT2D eigenvalue weighted by molar-refractivity contribution is -0.139. The quantitative estimate of drug-likeness (QED) is 0.488. The summed E-state index contributed by atoms with van der Waals surface area (Å²) < 4.78 is 67.2. The van der Waals surface area contributed by atoms with Gasteiger partial charge in [0.1, 0.15) is 0 Å². The number of rotatable bonds is 6. The largest absolute Gasteiger partial charge is 0.463 e. The molecule has 0 fully saturated rings. The van der Waals surface area contributed by atoms with Crippen LogP contribution in [-0.4, -0.2) is 27.2 Å². The molecule has 0 atom stereocenters. The van der Waals surface area contributed by atoms with Gasteiger partial charge < -0.3 is 4.74 Å². The maximum atomic E-state index is 12.9. The lowest BCUT2D eigenvalue weighted by Gasteiger charge is -2.16. The third-order valence-electron chi connectivity index (χ3n) is 4.25. The summed E-state index contributed by atoms with van der Waals surface area (Å²) in [6.07, 6.45) is -3.12. The summed E-state index contributed by atoms with van der Waals surface area (Å²) in [7, 11) is -3.42. The van der Waals surface area contributed by atoms with Gasteiger partial charge in [-0.15, -0.1) is 0 Å². The van der Waals surface area contributed by atoms with Crippen LogP contribution in [0.3, 0.4) is 0 Å². The highest BCUT2D eigenvalue weighted by Crippen LogP contribution is 2.34. The van der Waals surface area contributed by atoms with Gasteiger partial charge >= 0.3 is 12.1 Å². The Morgan fingerprint density at radius 3 is 1.79 bits per heavy atom. The molecule has 0 aliphatic carbocycles. The molecule has 0 amide bonds. The first kappa shape index (κ1) is 22.7. The van der Waals surface area contributed by atoms with E-state index in [0.29, 0.717) is 22.3 Å². The minimum atomic E-state index is -4.48. The zero-order valence-electron chi connectivity index (χ0n) is 16.2. The second-order valence-electron chi connectivity index (χ2n) is 6.30. The predicted molar refractivity (Wildman–Crippen MR) is 104 cm³/mol. The van der Waals surface area contributed by atoms with Crippen molar-refractivity contribution in [2.75, 3.05) is 12.9 Å². The van der Waals surface area contributed by atoms with E-state index < -0.39 is 27.5 Å². The Kier molecular flexibility index (Phi) is 6.89. The van der Waals surface area contributed by atoms with Gasteiger partial charge in [-0.25, -0.2) is 13.2 Å². The number of halogens is 3. The number of hydrogen-bond acceptors (Lipinski definition) is 4. The molecule has 0 aliphatic rings. The molecule has 0 aliphatic heterocycles. The second-order valence-corrected chi connectivity index (χ2v) is 8.31. The lowest BCUT2D eigenvalue weighted by Crippen LogP contribution is -2.11. The highest BCUT2D eigenvalue weighted by Gasteiger charge is 2.30. The average molecular weight is 426 g/mol. The first-order valence-electron chi connectivity index (χ1n) is 8.87. The molecule has 4 nitrogen and oxygen atoms in total. The van der Waals surface area contributed by atoms with Gasteiger partial charge in [0.25, 0.3) is 0 Å². The Balaban J connectivity index is 2.68. The maximum Gasteiger partial charge on any atom is 0.416 e. The van der Waals surface area contributed by atoms with E-state index in [9.17, 15) is 26.4 Å². The normalized spacial score (nSPS) is 13.0. The van der Waals surface area contributed by atoms with Crippen LogP contribution in [0.1, 0.15) is 37.0 Å². The van der Waals surface area contributed by atoms with Crippen LogP contribution in [0.25, 0.3) is 5.57 Å². The maximum absolute atomic E-state index is 12.9. The molecule has 0 N–H and O–H groups in total. The van der Waals surface area contributed by atoms with Crippen molar-refractivity contribution in [3.63, 3.8) is 0 Å². The minimum absolute atomic E-state index is 0.0993. The third-order valence-corrected chi connectivity index (χ3v) is 5.38. The highest BCUT2D eigenvalue weighted by molar-refractivity contribution is 7.90. The van der Waals surface area contributed by atoms with Gasteiger partial charge in [0, 0.05) is 11.8 Å². The fraction of sp³-hybridized carbons (Fsp3) is 0.286. The van der Waals surface area contributed by atoms with Crippen LogP contribution in [0.15, 0.2) is 59.0 Å². The van der Waals surface area contributed by atoms with Gasteiger partial charge in [0.2, 0.25) is 0 Å². The van der Waals surface area contributed by atoms with Crippen molar-refractivity contribution >= 4 is 21.4 Å². The van der Waals surface area contributed by atoms with E-state index in [1.807, 2.05) is 0 Å². The predicted octanol–water partition coefficient (Wildman–Crippen LogP) is 4.88. The smallest absolute Gasteiger partial charge is 0.416 e. The number of benzene rings is 2. The number of alkyl halides is 3. The van der Waals surface area contributed by atoms with Crippen LogP contribution < -0.4 is 0 Å². The molecule has 0 spiro atoms. The topological polar surface area (TPSA) is 60.4 Å². The average Bonchev–Trinajstić information content (AvgIpc) is 2.65. The van der Waals surface area contributed by atoms with Crippen LogP contribution in [0.4, 0.5) is 13.2 Å². The van der Waals surface area contributed by atoms with E-state index in [4.69, 9.17) is 4.74 Å². The van der Waals surface area contributed by atoms with Gasteiger partial charge in [0.05, 0.1) is 17.1 Å². The number of sulfone groups is 1. The summed E-state index contributed by atoms with van der Waals surface area (Å²) in [6.45, 7) is 3.54. The fourth-order valence-electron chi connectivity index (χ4n) is 2.85. The summed E-state index contributed by atoms with van der Waals surface area (Å²) >= 11 is 0. The monoisotopic (exact) mass is 426 g/mol. The molecule has 0 bridgehead atoms. The van der Waals surface area contributed by atoms with Crippen LogP contribution in [-0.2, 0) is 25.5 Å². The van der Waals surface area contributed by atoms with Gasteiger partial charge in [-0.1, -0.05) is 31.2 Å². The van der Waals surface area contributed by atoms with Crippen molar-refractivity contribution in [3.05, 3.63) is 70.8 Å². The molecular formula is C21H21F3O4S. The number of hydrogen-bond donors (Lipinski definition) is 0. The van der Waals surface area contributed by atoms with E-state index in [2.05, 4.69) is 0 Å². The first-order chi connectivity index (χ1) is 13.5. The molecule has 0 saturated carbocycles. The van der Waals surface area contributed by atoms with Crippen molar-refractivity contribution in [2.24, 2.45) is 0 Å². The fourth-order valence-corrected chi connectivity index (χ4v) is 3.48. The first-order valence-corrected chi connectivity index (χ1v) is 10.8. The number of carbonyl (C=O) groups excluding carboxylic acids is 1. The molecule has 8 heteroatoms. The number of carbonyl (C=O) groups is 1. The van der Waals surface area contributed by atoms with E-state index in [1.165, 1.54) is 36.4 Å². The standard InChI is InChI=1S/C21H21F3O4S/c1-4-18(20(25)28-5-2)19(14-6-10-16(11-7-14)21(22,23)24)15-8-12-17(13-9-15)29(3,26)27/h6-13H,4-5H2,1-3H3. The van der Waals surface area contributed by atoms with Crippen molar-refractivity contribution in [1.82, 2.24) is 0 Å². The van der Waals surface area contributed by atoms with Gasteiger partial charge in [-0.3, -0.25) is 0 Å². The van der Waals surface area contributed by atoms with Gasteiger partial charge in [-0.2, -0.15) is 13.2 Å². The molecule has 0 unspecified atom stereocenters. The Labute approximate surface area is 167 Å². The van der Waals surface area contributed by atoms with E-state index in [1.54, 1.807) is 13.8 Å². The zero-order chi connectivity index (χ0) is 21.8. The lowest BCUT2D eigenvalue weighted by atomic mass is 9.91. The van der Waals surface area contributed by atoms with Crippen LogP contribution in [0.5, 0.6) is 0 Å². The molecule has 2 aromatic rings. The summed E-state index contributed by atoms with van der Waals surface area (Å²) in [5.41, 5.74) is 0.790. The van der Waals surface area contributed by atoms with Crippen LogP contribution in [0.2, 0.25) is 0 Å². The Morgan fingerprint density at radius 2 is 1.41 bits per heavy atom. The summed E-state index contributed by atoms with van der Waals surface area (Å²) in [5, 5.41) is 0. The summed E-state index contributed by atoms with van der Waals surface area (Å²) in [5.74, 6) is -0.572. The molecule has 0 heterocycles. The van der Waals surface area contributed by atoms with Gasteiger partial charge in [0.15, 0.2) is 9.84 Å². The van der Waals surface area contributed by atoms with Crippen molar-refractivity contribution in [3.8, 4) is 0 Å². The van der Waals surface area contributed by atoms with E-state index in [-0.39, 0.29) is 17.9 Å². The minimum Gasteiger partial charge on any atom is -0.463 e. The van der Waals surface area contributed by atoms with E-state index in [0.717, 1.165) is 18.4 Å². The van der Waals surface area contributed by atoms with Crippen molar-refractivity contribution < 1.29 is 31.1 Å². The Hall–Kier alpha value is -2.61. The Bertz CT molecular complexity index is 1000. The molecule has 156 valence electrons. The van der Waals surface area contributed by atoms with E-state index >= 15 is 0 Å². The summed E-state index contributed by atoms with van der Waals surface area (Å²) in [6, 6.07) is 10.3. The molecular weight excluding hydrogens is 405 g/mol. The third kappa shape index (κ3) is 5.47. The Morgan fingerprint density at radius 1 is 0.931 bits per heavy atom. The molecule has 0 radical (unpaired) electrons. The number of ether oxygens (including phenoxy) is 1. The van der Waals surface area contributed by atoms with Gasteiger partial charge in [-0.05, 0) is 54.3 Å². The zero-order valence-corrected chi connectivity index (χ0v) is 17.0. The highest BCUT2D eigenvalue weighted by atomic mass is 32.2. The molecule has 29 heavy (non-hydrogen) atoms. The van der Waals surface area contributed by atoms with Crippen molar-refractivity contribution in [2.45, 2.75) is 31.3 Å². The van der Waals surface area contributed by atoms with Crippen LogP contribution in [0, 0.1) is 0 Å². The molecule has 0 aromatic heterocycles. The molecule has 0 saturated heterocycles. The van der Waals surface area contributed by atoms with Crippen LogP contribution >= 0.6 is 0 Å². The summed E-state index contributed by atoms with van der Waals surface area (Å²) in [4.78, 5) is 12.6. The van der Waals surface area contributed by atoms with Crippen molar-refractivity contribution in [1.29, 1.82) is 0 Å². The molecule has 2 aromatic carbocycles.